The Morgan fingerprint density at radius 1 is 1.40 bits per heavy atom. The standard InChI is InChI=1S/C13H13F2NO4/c1-13(20-5-11(17)18)6-16(7-13)12(19)9-3-2-8(14)4-10(9)15/h2-4H,5-7H2,1H3,(H,17,18). The van der Waals surface area contributed by atoms with Gasteiger partial charge in [0, 0.05) is 6.07 Å². The monoisotopic (exact) mass is 285 g/mol. The van der Waals surface area contributed by atoms with Crippen molar-refractivity contribution in [1.82, 2.24) is 4.90 Å². The summed E-state index contributed by atoms with van der Waals surface area (Å²) < 4.78 is 31.4. The van der Waals surface area contributed by atoms with Crippen LogP contribution in [0.4, 0.5) is 8.78 Å². The molecule has 0 unspecified atom stereocenters. The van der Waals surface area contributed by atoms with Gasteiger partial charge in [0.05, 0.1) is 18.7 Å². The number of amides is 1. The highest BCUT2D eigenvalue weighted by Gasteiger charge is 2.43. The zero-order valence-corrected chi connectivity index (χ0v) is 10.7. The van der Waals surface area contributed by atoms with Crippen LogP contribution in [-0.4, -0.2) is 47.2 Å². The van der Waals surface area contributed by atoms with E-state index in [-0.39, 0.29) is 18.7 Å². The van der Waals surface area contributed by atoms with Gasteiger partial charge in [0.15, 0.2) is 0 Å². The molecule has 108 valence electrons. The maximum absolute atomic E-state index is 13.5. The quantitative estimate of drug-likeness (QED) is 0.905. The lowest BCUT2D eigenvalue weighted by atomic mass is 9.95. The lowest BCUT2D eigenvalue weighted by molar-refractivity contribution is -0.159. The molecule has 20 heavy (non-hydrogen) atoms. The fourth-order valence-corrected chi connectivity index (χ4v) is 2.07. The van der Waals surface area contributed by atoms with Crippen LogP contribution in [0.2, 0.25) is 0 Å². The highest BCUT2D eigenvalue weighted by molar-refractivity contribution is 5.95. The number of aliphatic carboxylic acids is 1. The van der Waals surface area contributed by atoms with Crippen molar-refractivity contribution in [3.63, 3.8) is 0 Å². The highest BCUT2D eigenvalue weighted by atomic mass is 19.1. The minimum Gasteiger partial charge on any atom is -0.480 e. The molecule has 0 spiro atoms. The molecule has 1 N–H and O–H groups in total. The van der Waals surface area contributed by atoms with E-state index < -0.39 is 35.7 Å². The number of benzene rings is 1. The number of carboxylic acid groups (broad SMARTS) is 1. The fourth-order valence-electron chi connectivity index (χ4n) is 2.07. The molecule has 1 aromatic carbocycles. The molecule has 0 atom stereocenters. The van der Waals surface area contributed by atoms with Crippen LogP contribution in [0.1, 0.15) is 17.3 Å². The second-order valence-electron chi connectivity index (χ2n) is 4.92. The lowest BCUT2D eigenvalue weighted by Gasteiger charge is -2.47. The van der Waals surface area contributed by atoms with Gasteiger partial charge in [0.25, 0.3) is 5.91 Å². The van der Waals surface area contributed by atoms with E-state index >= 15 is 0 Å². The highest BCUT2D eigenvalue weighted by Crippen LogP contribution is 2.27. The summed E-state index contributed by atoms with van der Waals surface area (Å²) in [6.45, 7) is 1.54. The van der Waals surface area contributed by atoms with Crippen LogP contribution in [0.5, 0.6) is 0 Å². The van der Waals surface area contributed by atoms with Gasteiger partial charge in [-0.2, -0.15) is 0 Å². The molecule has 1 aromatic rings. The van der Waals surface area contributed by atoms with Crippen molar-refractivity contribution in [3.8, 4) is 0 Å². The summed E-state index contributed by atoms with van der Waals surface area (Å²) in [5, 5.41) is 8.52. The average molecular weight is 285 g/mol. The number of carbonyl (C=O) groups excluding carboxylic acids is 1. The second kappa shape index (κ2) is 5.16. The van der Waals surface area contributed by atoms with Crippen LogP contribution < -0.4 is 0 Å². The number of rotatable bonds is 4. The van der Waals surface area contributed by atoms with Crippen molar-refractivity contribution >= 4 is 11.9 Å². The maximum Gasteiger partial charge on any atom is 0.329 e. The molecular formula is C13H13F2NO4. The number of halogens is 2. The number of hydrogen-bond acceptors (Lipinski definition) is 3. The molecule has 0 radical (unpaired) electrons. The van der Waals surface area contributed by atoms with Gasteiger partial charge >= 0.3 is 5.97 Å². The zero-order chi connectivity index (χ0) is 14.9. The summed E-state index contributed by atoms with van der Waals surface area (Å²) >= 11 is 0. The molecule has 7 heteroatoms. The molecule has 1 aliphatic rings. The number of nitrogens with zero attached hydrogens (tertiary/aromatic N) is 1. The molecule has 1 fully saturated rings. The molecule has 0 aromatic heterocycles. The van der Waals surface area contributed by atoms with Gasteiger partial charge in [-0.3, -0.25) is 4.79 Å². The van der Waals surface area contributed by atoms with E-state index in [0.29, 0.717) is 6.07 Å². The molecule has 1 heterocycles. The molecule has 0 bridgehead atoms. The first-order valence-corrected chi connectivity index (χ1v) is 5.91. The summed E-state index contributed by atoms with van der Waals surface area (Å²) in [6.07, 6.45) is 0. The molecule has 5 nitrogen and oxygen atoms in total. The Bertz CT molecular complexity index is 555. The molecule has 2 rings (SSSR count). The van der Waals surface area contributed by atoms with E-state index in [1.54, 1.807) is 6.92 Å². The first-order valence-electron chi connectivity index (χ1n) is 5.91. The Balaban J connectivity index is 1.98. The largest absolute Gasteiger partial charge is 0.480 e. The van der Waals surface area contributed by atoms with E-state index in [4.69, 9.17) is 9.84 Å². The Morgan fingerprint density at radius 2 is 2.05 bits per heavy atom. The van der Waals surface area contributed by atoms with E-state index in [1.807, 2.05) is 0 Å². The van der Waals surface area contributed by atoms with Crippen LogP contribution >= 0.6 is 0 Å². The van der Waals surface area contributed by atoms with E-state index in [1.165, 1.54) is 4.90 Å². The first-order chi connectivity index (χ1) is 9.31. The number of ether oxygens (including phenoxy) is 1. The Kier molecular flexibility index (Phi) is 3.71. The third-order valence-corrected chi connectivity index (χ3v) is 3.04. The van der Waals surface area contributed by atoms with E-state index in [2.05, 4.69) is 0 Å². The number of hydrogen-bond donors (Lipinski definition) is 1. The van der Waals surface area contributed by atoms with Gasteiger partial charge < -0.3 is 14.7 Å². The number of likely N-dealkylation sites (tertiary alicyclic amines) is 1. The number of carbonyl (C=O) groups is 2. The van der Waals surface area contributed by atoms with Crippen molar-refractivity contribution in [1.29, 1.82) is 0 Å². The van der Waals surface area contributed by atoms with Gasteiger partial charge in [0.2, 0.25) is 0 Å². The van der Waals surface area contributed by atoms with Crippen molar-refractivity contribution in [2.45, 2.75) is 12.5 Å². The van der Waals surface area contributed by atoms with Crippen LogP contribution in [0.25, 0.3) is 0 Å². The lowest BCUT2D eigenvalue weighted by Crippen LogP contribution is -2.63. The van der Waals surface area contributed by atoms with Gasteiger partial charge in [0.1, 0.15) is 23.8 Å². The van der Waals surface area contributed by atoms with Crippen molar-refractivity contribution < 1.29 is 28.2 Å². The topological polar surface area (TPSA) is 66.8 Å². The van der Waals surface area contributed by atoms with Crippen molar-refractivity contribution in [3.05, 3.63) is 35.4 Å². The van der Waals surface area contributed by atoms with Gasteiger partial charge in [-0.1, -0.05) is 0 Å². The SMILES string of the molecule is CC1(OCC(=O)O)CN(C(=O)c2ccc(F)cc2F)C1. The Hall–Kier alpha value is -2.02. The van der Waals surface area contributed by atoms with Gasteiger partial charge in [-0.15, -0.1) is 0 Å². The van der Waals surface area contributed by atoms with E-state index in [9.17, 15) is 18.4 Å². The van der Waals surface area contributed by atoms with Gasteiger partial charge in [-0.25, -0.2) is 13.6 Å². The van der Waals surface area contributed by atoms with Crippen molar-refractivity contribution in [2.24, 2.45) is 0 Å². The second-order valence-corrected chi connectivity index (χ2v) is 4.92. The summed E-state index contributed by atoms with van der Waals surface area (Å²) in [5.74, 6) is -3.34. The predicted octanol–water partition coefficient (Wildman–Crippen LogP) is 1.28. The normalized spacial score (nSPS) is 16.6. The molecule has 1 amide bonds. The summed E-state index contributed by atoms with van der Waals surface area (Å²) in [5.41, 5.74) is -0.962. The molecule has 0 saturated carbocycles. The van der Waals surface area contributed by atoms with Crippen molar-refractivity contribution in [2.75, 3.05) is 19.7 Å². The third kappa shape index (κ3) is 2.93. The minimum absolute atomic E-state index is 0.163. The Morgan fingerprint density at radius 3 is 2.60 bits per heavy atom. The maximum atomic E-state index is 13.5. The van der Waals surface area contributed by atoms with E-state index in [0.717, 1.165) is 12.1 Å². The summed E-state index contributed by atoms with van der Waals surface area (Å²) in [7, 11) is 0. The van der Waals surface area contributed by atoms with Gasteiger partial charge in [-0.05, 0) is 19.1 Å². The molecular weight excluding hydrogens is 272 g/mol. The van der Waals surface area contributed by atoms with Crippen LogP contribution in [0.3, 0.4) is 0 Å². The summed E-state index contributed by atoms with van der Waals surface area (Å²) in [6, 6.07) is 2.74. The third-order valence-electron chi connectivity index (χ3n) is 3.04. The molecule has 1 saturated heterocycles. The number of carboxylic acids is 1. The van der Waals surface area contributed by atoms with Crippen LogP contribution in [-0.2, 0) is 9.53 Å². The minimum atomic E-state index is -1.10. The van der Waals surface area contributed by atoms with Crippen LogP contribution in [0, 0.1) is 11.6 Å². The average Bonchev–Trinajstić information content (AvgIpc) is 2.32. The summed E-state index contributed by atoms with van der Waals surface area (Å²) in [4.78, 5) is 23.7. The zero-order valence-electron chi connectivity index (χ0n) is 10.7. The predicted molar refractivity (Wildman–Crippen MR) is 64.3 cm³/mol. The first kappa shape index (κ1) is 14.4. The molecule has 1 aliphatic heterocycles. The Labute approximate surface area is 113 Å². The smallest absolute Gasteiger partial charge is 0.329 e. The fraction of sp³-hybridized carbons (Fsp3) is 0.385. The van der Waals surface area contributed by atoms with Crippen LogP contribution in [0.15, 0.2) is 18.2 Å². The molecule has 0 aliphatic carbocycles.